The van der Waals surface area contributed by atoms with Gasteiger partial charge in [0.15, 0.2) is 0 Å². The molecule has 1 heterocycles. The average molecular weight is 548 g/mol. The Morgan fingerprint density at radius 1 is 1.08 bits per heavy atom. The summed E-state index contributed by atoms with van der Waals surface area (Å²) in [5, 5.41) is 6.58. The van der Waals surface area contributed by atoms with Crippen molar-refractivity contribution in [3.05, 3.63) is 47.7 Å². The molecule has 39 heavy (non-hydrogen) atoms. The van der Waals surface area contributed by atoms with Gasteiger partial charge in [0.2, 0.25) is 0 Å². The predicted molar refractivity (Wildman–Crippen MR) is 147 cm³/mol. The van der Waals surface area contributed by atoms with Crippen LogP contribution in [0.2, 0.25) is 0 Å². The number of nitrogens with one attached hydrogen (secondary N) is 2. The topological polar surface area (TPSA) is 81.7 Å². The van der Waals surface area contributed by atoms with E-state index < -0.39 is 23.6 Å². The number of aromatic nitrogens is 1. The number of hydrogen-bond acceptors (Lipinski definition) is 6. The number of aryl methyl sites for hydroxylation is 1. The van der Waals surface area contributed by atoms with Crippen LogP contribution in [0.25, 0.3) is 22.0 Å². The van der Waals surface area contributed by atoms with Crippen LogP contribution in [0.15, 0.2) is 36.4 Å². The third kappa shape index (κ3) is 7.68. The fraction of sp³-hybridized carbons (Fsp3) is 0.448. The number of amides is 1. The highest BCUT2D eigenvalue weighted by molar-refractivity contribution is 6.06. The minimum atomic E-state index is -4.61. The van der Waals surface area contributed by atoms with Crippen LogP contribution in [-0.4, -0.2) is 43.5 Å². The smallest absolute Gasteiger partial charge is 0.433 e. The maximum absolute atomic E-state index is 13.8. The summed E-state index contributed by atoms with van der Waals surface area (Å²) in [6, 6.07) is 9.86. The Morgan fingerprint density at radius 3 is 2.41 bits per heavy atom. The van der Waals surface area contributed by atoms with Gasteiger partial charge in [0.1, 0.15) is 22.8 Å². The van der Waals surface area contributed by atoms with Crippen molar-refractivity contribution in [1.82, 2.24) is 10.3 Å². The van der Waals surface area contributed by atoms with Gasteiger partial charge in [-0.05, 0) is 76.8 Å². The number of carbonyl (C=O) groups is 1. The summed E-state index contributed by atoms with van der Waals surface area (Å²) in [4.78, 5) is 15.9. The molecule has 7 nitrogen and oxygen atoms in total. The molecule has 1 amide bonds. The third-order valence-electron chi connectivity index (χ3n) is 6.00. The number of carbonyl (C=O) groups excluding carboxylic acids is 1. The van der Waals surface area contributed by atoms with Crippen molar-refractivity contribution in [1.29, 1.82) is 0 Å². The van der Waals surface area contributed by atoms with E-state index in [1.807, 2.05) is 25.1 Å². The van der Waals surface area contributed by atoms with Gasteiger partial charge in [0.25, 0.3) is 0 Å². The molecule has 0 aliphatic heterocycles. The van der Waals surface area contributed by atoms with E-state index in [0.717, 1.165) is 11.6 Å². The van der Waals surface area contributed by atoms with Crippen LogP contribution in [-0.2, 0) is 10.9 Å². The molecule has 0 saturated heterocycles. The second kappa shape index (κ2) is 12.0. The first kappa shape index (κ1) is 29.9. The Morgan fingerprint density at radius 2 is 1.79 bits per heavy atom. The molecular weight excluding hydrogens is 511 g/mol. The number of halogens is 3. The molecular formula is C29H36F3N3O4. The fourth-order valence-electron chi connectivity index (χ4n) is 4.31. The normalized spacial score (nSPS) is 12.7. The van der Waals surface area contributed by atoms with Gasteiger partial charge >= 0.3 is 12.3 Å². The number of benzene rings is 2. The van der Waals surface area contributed by atoms with Crippen molar-refractivity contribution < 1.29 is 32.2 Å². The molecule has 3 rings (SSSR count). The van der Waals surface area contributed by atoms with Crippen LogP contribution in [0, 0.1) is 6.92 Å². The molecule has 1 aromatic heterocycles. The van der Waals surface area contributed by atoms with Gasteiger partial charge in [-0.25, -0.2) is 9.78 Å². The van der Waals surface area contributed by atoms with Crippen LogP contribution < -0.4 is 20.1 Å². The summed E-state index contributed by atoms with van der Waals surface area (Å²) >= 11 is 0. The van der Waals surface area contributed by atoms with Gasteiger partial charge in [0, 0.05) is 29.6 Å². The van der Waals surface area contributed by atoms with Crippen molar-refractivity contribution in [2.75, 3.05) is 26.1 Å². The zero-order valence-corrected chi connectivity index (χ0v) is 23.4. The number of nitrogens with zero attached hydrogens (tertiary/aromatic N) is 1. The zero-order chi connectivity index (χ0) is 29.0. The Bertz CT molecular complexity index is 1320. The number of ether oxygens (including phenoxy) is 3. The first-order valence-electron chi connectivity index (χ1n) is 12.7. The maximum atomic E-state index is 13.8. The SMILES string of the molecule is COc1cccc(-c2c(OC)cc(NC(C)CCCNC(=O)OC(C)(C)C)c3nc(C(F)(F)F)cc(C)c23)c1. The van der Waals surface area contributed by atoms with E-state index in [1.54, 1.807) is 46.9 Å². The quantitative estimate of drug-likeness (QED) is 0.273. The number of fused-ring (bicyclic) bond motifs is 1. The molecule has 3 aromatic rings. The highest BCUT2D eigenvalue weighted by Crippen LogP contribution is 2.44. The second-order valence-electron chi connectivity index (χ2n) is 10.4. The lowest BCUT2D eigenvalue weighted by Crippen LogP contribution is -2.33. The van der Waals surface area contributed by atoms with Crippen LogP contribution in [0.1, 0.15) is 51.8 Å². The number of anilines is 1. The zero-order valence-electron chi connectivity index (χ0n) is 23.4. The highest BCUT2D eigenvalue weighted by Gasteiger charge is 2.34. The van der Waals surface area contributed by atoms with Crippen LogP contribution in [0.3, 0.4) is 0 Å². The minimum absolute atomic E-state index is 0.141. The number of methoxy groups -OCH3 is 2. The van der Waals surface area contributed by atoms with E-state index in [9.17, 15) is 18.0 Å². The summed E-state index contributed by atoms with van der Waals surface area (Å²) in [5.74, 6) is 1.10. The van der Waals surface area contributed by atoms with Crippen molar-refractivity contribution >= 4 is 22.7 Å². The molecule has 1 unspecified atom stereocenters. The van der Waals surface area contributed by atoms with Crippen molar-refractivity contribution in [3.63, 3.8) is 0 Å². The molecule has 2 N–H and O–H groups in total. The van der Waals surface area contributed by atoms with Crippen molar-refractivity contribution in [3.8, 4) is 22.6 Å². The Balaban J connectivity index is 1.98. The second-order valence-corrected chi connectivity index (χ2v) is 10.4. The molecule has 10 heteroatoms. The number of rotatable bonds is 9. The molecule has 0 bridgehead atoms. The lowest BCUT2D eigenvalue weighted by Gasteiger charge is -2.22. The Labute approximate surface area is 227 Å². The summed E-state index contributed by atoms with van der Waals surface area (Å²) in [6.45, 7) is 9.32. The summed E-state index contributed by atoms with van der Waals surface area (Å²) < 4.78 is 57.6. The van der Waals surface area contributed by atoms with E-state index in [-0.39, 0.29) is 11.6 Å². The number of pyridine rings is 1. The molecule has 0 aliphatic rings. The standard InChI is InChI=1S/C29H36F3N3O4/c1-17-14-23(29(30,31)32)35-26-21(34-18(2)10-9-13-33-27(36)39-28(3,4)5)16-22(38-7)25(24(17)26)19-11-8-12-20(15-19)37-6/h8,11-12,14-16,18,34H,9-10,13H2,1-7H3,(H,33,36). The summed E-state index contributed by atoms with van der Waals surface area (Å²) in [7, 11) is 3.07. The van der Waals surface area contributed by atoms with E-state index in [4.69, 9.17) is 14.2 Å². The van der Waals surface area contributed by atoms with Crippen LogP contribution in [0.4, 0.5) is 23.7 Å². The summed E-state index contributed by atoms with van der Waals surface area (Å²) in [6.07, 6.45) is -3.84. The number of alkyl halides is 3. The molecule has 0 fully saturated rings. The predicted octanol–water partition coefficient (Wildman–Crippen LogP) is 7.35. The van der Waals surface area contributed by atoms with Crippen LogP contribution >= 0.6 is 0 Å². The molecule has 0 saturated carbocycles. The Kier molecular flexibility index (Phi) is 9.19. The largest absolute Gasteiger partial charge is 0.497 e. The lowest BCUT2D eigenvalue weighted by molar-refractivity contribution is -0.141. The molecule has 0 radical (unpaired) electrons. The molecule has 0 spiro atoms. The number of hydrogen-bond donors (Lipinski definition) is 2. The van der Waals surface area contributed by atoms with Gasteiger partial charge in [-0.15, -0.1) is 0 Å². The van der Waals surface area contributed by atoms with E-state index >= 15 is 0 Å². The van der Waals surface area contributed by atoms with E-state index in [2.05, 4.69) is 15.6 Å². The number of alkyl carbamates (subject to hydrolysis) is 1. The van der Waals surface area contributed by atoms with E-state index in [1.165, 1.54) is 7.11 Å². The van der Waals surface area contributed by atoms with Gasteiger partial charge in [0.05, 0.1) is 25.4 Å². The highest BCUT2D eigenvalue weighted by atomic mass is 19.4. The average Bonchev–Trinajstić information content (AvgIpc) is 2.84. The Hall–Kier alpha value is -3.69. The fourth-order valence-corrected chi connectivity index (χ4v) is 4.31. The molecule has 212 valence electrons. The third-order valence-corrected chi connectivity index (χ3v) is 6.00. The van der Waals surface area contributed by atoms with Gasteiger partial charge in [-0.2, -0.15) is 13.2 Å². The first-order valence-corrected chi connectivity index (χ1v) is 12.7. The summed E-state index contributed by atoms with van der Waals surface area (Å²) in [5.41, 5.74) is 0.845. The minimum Gasteiger partial charge on any atom is -0.497 e. The lowest BCUT2D eigenvalue weighted by atomic mass is 9.94. The first-order chi connectivity index (χ1) is 18.2. The van der Waals surface area contributed by atoms with E-state index in [0.29, 0.717) is 53.1 Å². The van der Waals surface area contributed by atoms with Crippen molar-refractivity contribution in [2.45, 2.75) is 65.3 Å². The molecule has 0 aliphatic carbocycles. The molecule has 1 atom stereocenters. The van der Waals surface area contributed by atoms with Crippen LogP contribution in [0.5, 0.6) is 11.5 Å². The maximum Gasteiger partial charge on any atom is 0.433 e. The molecule has 2 aromatic carbocycles. The van der Waals surface area contributed by atoms with Gasteiger partial charge in [-0.3, -0.25) is 0 Å². The van der Waals surface area contributed by atoms with Crippen molar-refractivity contribution in [2.24, 2.45) is 0 Å². The van der Waals surface area contributed by atoms with Gasteiger partial charge in [-0.1, -0.05) is 12.1 Å². The van der Waals surface area contributed by atoms with Gasteiger partial charge < -0.3 is 24.8 Å². The monoisotopic (exact) mass is 547 g/mol.